The van der Waals surface area contributed by atoms with Gasteiger partial charge >= 0.3 is 12.5 Å². The van der Waals surface area contributed by atoms with Crippen LogP contribution in [0.1, 0.15) is 30.9 Å². The van der Waals surface area contributed by atoms with Crippen LogP contribution in [0, 0.1) is 6.92 Å². The summed E-state index contributed by atoms with van der Waals surface area (Å²) in [5.74, 6) is 0.200. The first kappa shape index (κ1) is 27.0. The minimum absolute atomic E-state index is 0.0365. The number of hydrogen-bond donors (Lipinski definition) is 5. The summed E-state index contributed by atoms with van der Waals surface area (Å²) in [6.07, 6.45) is -0.963. The monoisotopic (exact) mass is 571 g/mol. The Morgan fingerprint density at radius 1 is 1.21 bits per heavy atom. The van der Waals surface area contributed by atoms with Gasteiger partial charge in [-0.2, -0.15) is 0 Å². The summed E-state index contributed by atoms with van der Waals surface area (Å²) in [7, 11) is 0. The van der Waals surface area contributed by atoms with Crippen molar-refractivity contribution < 1.29 is 33.3 Å². The van der Waals surface area contributed by atoms with Crippen molar-refractivity contribution in [3.05, 3.63) is 45.3 Å². The number of H-pyrrole nitrogens is 1. The maximum absolute atomic E-state index is 13.0. The predicted molar refractivity (Wildman–Crippen MR) is 133 cm³/mol. The van der Waals surface area contributed by atoms with E-state index in [2.05, 4.69) is 32.2 Å². The lowest BCUT2D eigenvalue weighted by Gasteiger charge is -2.22. The molecule has 7 atom stereocenters. The van der Waals surface area contributed by atoms with Crippen molar-refractivity contribution in [1.29, 1.82) is 0 Å². The van der Waals surface area contributed by atoms with E-state index in [0.717, 1.165) is 4.57 Å². The molecule has 2 unspecified atom stereocenters. The van der Waals surface area contributed by atoms with Gasteiger partial charge in [0, 0.05) is 24.6 Å². The van der Waals surface area contributed by atoms with Crippen LogP contribution in [-0.2, 0) is 23.1 Å². The van der Waals surface area contributed by atoms with E-state index >= 15 is 0 Å². The highest BCUT2D eigenvalue weighted by Gasteiger charge is 2.42. The van der Waals surface area contributed by atoms with Gasteiger partial charge in [0.1, 0.15) is 42.6 Å². The number of rotatable bonds is 8. The van der Waals surface area contributed by atoms with Crippen LogP contribution in [-0.4, -0.2) is 76.9 Å². The molecule has 0 aromatic carbocycles. The lowest BCUT2D eigenvalue weighted by Crippen LogP contribution is -2.33. The first-order valence-electron chi connectivity index (χ1n) is 11.6. The maximum atomic E-state index is 13.0. The molecule has 2 aliphatic heterocycles. The van der Waals surface area contributed by atoms with E-state index in [1.54, 1.807) is 4.57 Å². The van der Waals surface area contributed by atoms with Crippen molar-refractivity contribution in [2.45, 2.75) is 56.6 Å². The number of aliphatic hydroxyl groups is 2. The Morgan fingerprint density at radius 3 is 2.71 bits per heavy atom. The van der Waals surface area contributed by atoms with E-state index in [1.807, 2.05) is 0 Å². The third kappa shape index (κ3) is 5.28. The van der Waals surface area contributed by atoms with Gasteiger partial charge < -0.3 is 25.4 Å². The Hall–Kier alpha value is -2.63. The fourth-order valence-corrected chi connectivity index (χ4v) is 5.96. The van der Waals surface area contributed by atoms with Crippen molar-refractivity contribution in [1.82, 2.24) is 29.1 Å². The Kier molecular flexibility index (Phi) is 7.45. The fraction of sp³-hybridized carbons (Fsp3) is 0.550. The third-order valence-electron chi connectivity index (χ3n) is 6.39. The van der Waals surface area contributed by atoms with Gasteiger partial charge in [0.25, 0.3) is 5.56 Å². The number of ether oxygens (including phenoxy) is 2. The number of aryl methyl sites for hydroxylation is 1. The molecule has 0 aliphatic carbocycles. The lowest BCUT2D eigenvalue weighted by molar-refractivity contribution is -0.0498. The molecule has 0 bridgehead atoms. The zero-order chi connectivity index (χ0) is 27.2. The number of anilines is 1. The second-order valence-electron chi connectivity index (χ2n) is 8.95. The Labute approximate surface area is 219 Å². The minimum Gasteiger partial charge on any atom is -0.394 e. The molecule has 206 valence electrons. The maximum Gasteiger partial charge on any atom is 0.386 e. The molecule has 2 aliphatic rings. The van der Waals surface area contributed by atoms with Crippen LogP contribution in [0.25, 0.3) is 11.2 Å². The van der Waals surface area contributed by atoms with E-state index in [1.165, 1.54) is 25.8 Å². The number of aliphatic hydroxyl groups excluding tert-OH is 2. The van der Waals surface area contributed by atoms with Crippen molar-refractivity contribution in [2.24, 2.45) is 0 Å². The molecule has 2 fully saturated rings. The SMILES string of the molecule is Cc1cn([C@H]2C[C@@H](O)C(CO[P@](=O)(S)O[C@@H]3C[C@H](n4cnc5c(N)ncnc54)OC3CO)O2)c(=O)[nH]c1=O. The van der Waals surface area contributed by atoms with Crippen LogP contribution in [0.3, 0.4) is 0 Å². The topological polar surface area (TPSA) is 219 Å². The number of nitrogens with zero attached hydrogens (tertiary/aromatic N) is 5. The summed E-state index contributed by atoms with van der Waals surface area (Å²) in [5.41, 5.74) is 5.73. The molecule has 0 spiro atoms. The number of nitrogens with two attached hydrogens (primary N) is 1. The molecular formula is C20H26N7O9PS. The first-order chi connectivity index (χ1) is 18.1. The van der Waals surface area contributed by atoms with Crippen LogP contribution in [0.2, 0.25) is 0 Å². The Bertz CT molecular complexity index is 1500. The van der Waals surface area contributed by atoms with Crippen molar-refractivity contribution in [3.8, 4) is 0 Å². The lowest BCUT2D eigenvalue weighted by atomic mass is 10.2. The molecule has 0 saturated carbocycles. The van der Waals surface area contributed by atoms with Crippen LogP contribution in [0.15, 0.2) is 28.4 Å². The number of thiol groups is 1. The van der Waals surface area contributed by atoms with E-state index in [4.69, 9.17) is 24.3 Å². The number of fused-ring (bicyclic) bond motifs is 1. The molecule has 5 rings (SSSR count). The molecular weight excluding hydrogens is 545 g/mol. The summed E-state index contributed by atoms with van der Waals surface area (Å²) in [4.78, 5) is 38.2. The van der Waals surface area contributed by atoms with Gasteiger partial charge in [0.15, 0.2) is 11.5 Å². The Balaban J connectivity index is 1.22. The first-order valence-corrected chi connectivity index (χ1v) is 14.3. The average molecular weight is 572 g/mol. The van der Waals surface area contributed by atoms with Gasteiger partial charge in [0.2, 0.25) is 0 Å². The van der Waals surface area contributed by atoms with Crippen LogP contribution < -0.4 is 17.0 Å². The van der Waals surface area contributed by atoms with Crippen LogP contribution in [0.4, 0.5) is 5.82 Å². The quantitative estimate of drug-likeness (QED) is 0.172. The average Bonchev–Trinajstić information content (AvgIpc) is 3.57. The molecule has 5 heterocycles. The number of aromatic amines is 1. The summed E-state index contributed by atoms with van der Waals surface area (Å²) in [6, 6.07) is 0. The number of hydrogen-bond acceptors (Lipinski definition) is 13. The zero-order valence-electron chi connectivity index (χ0n) is 20.0. The van der Waals surface area contributed by atoms with Gasteiger partial charge in [-0.05, 0) is 6.92 Å². The molecule has 0 radical (unpaired) electrons. The number of aromatic nitrogens is 6. The molecule has 5 N–H and O–H groups in total. The molecule has 0 amide bonds. The number of nitrogens with one attached hydrogen (secondary N) is 1. The van der Waals surface area contributed by atoms with Crippen molar-refractivity contribution in [2.75, 3.05) is 18.9 Å². The highest BCUT2D eigenvalue weighted by Crippen LogP contribution is 2.56. The molecule has 38 heavy (non-hydrogen) atoms. The molecule has 3 aromatic rings. The highest BCUT2D eigenvalue weighted by atomic mass is 32.7. The third-order valence-corrected chi connectivity index (χ3v) is 8.03. The van der Waals surface area contributed by atoms with Crippen molar-refractivity contribution in [3.63, 3.8) is 0 Å². The number of imidazole rings is 1. The smallest absolute Gasteiger partial charge is 0.386 e. The fourth-order valence-electron chi connectivity index (χ4n) is 4.43. The summed E-state index contributed by atoms with van der Waals surface area (Å²) in [6.45, 7) is -3.28. The normalized spacial score (nSPS) is 29.2. The minimum atomic E-state index is -4.02. The van der Waals surface area contributed by atoms with E-state index in [0.29, 0.717) is 16.7 Å². The van der Waals surface area contributed by atoms with Gasteiger partial charge in [-0.1, -0.05) is 12.2 Å². The van der Waals surface area contributed by atoms with Crippen LogP contribution >= 0.6 is 19.0 Å². The summed E-state index contributed by atoms with van der Waals surface area (Å²) in [5, 5.41) is 20.2. The van der Waals surface area contributed by atoms with Crippen LogP contribution in [0.5, 0.6) is 0 Å². The molecule has 3 aromatic heterocycles. The van der Waals surface area contributed by atoms with Gasteiger partial charge in [-0.25, -0.2) is 24.3 Å². The molecule has 18 heteroatoms. The summed E-state index contributed by atoms with van der Waals surface area (Å²) >= 11 is 4.04. The van der Waals surface area contributed by atoms with E-state index in [-0.39, 0.29) is 25.3 Å². The van der Waals surface area contributed by atoms with E-state index in [9.17, 15) is 24.4 Å². The Morgan fingerprint density at radius 2 is 1.95 bits per heavy atom. The zero-order valence-corrected chi connectivity index (χ0v) is 21.8. The van der Waals surface area contributed by atoms with Crippen molar-refractivity contribution >= 4 is 36.0 Å². The molecule has 16 nitrogen and oxygen atoms in total. The highest BCUT2D eigenvalue weighted by molar-refractivity contribution is 8.44. The second kappa shape index (κ2) is 10.5. The predicted octanol–water partition coefficient (Wildman–Crippen LogP) is -0.365. The molecule has 2 saturated heterocycles. The standard InChI is InChI=1S/C20H26N7O9PS/c1-9-4-26(20(31)25-19(9)30)14-2-10(29)13(35-14)6-33-37(32,38)36-11-3-15(34-12(11)5-28)27-8-24-16-17(21)22-7-23-18(16)27/h4,7-8,10-15,28-29H,2-3,5-6H2,1H3,(H,32,38)(H2,21,22,23)(H,25,30,31)/t10-,11-,12?,13?,14-,15-,37+/m1/s1. The largest absolute Gasteiger partial charge is 0.394 e. The van der Waals surface area contributed by atoms with Gasteiger partial charge in [-0.15, -0.1) is 0 Å². The number of nitrogen functional groups attached to an aromatic ring is 1. The van der Waals surface area contributed by atoms with Gasteiger partial charge in [-0.3, -0.25) is 28.0 Å². The summed E-state index contributed by atoms with van der Waals surface area (Å²) < 4.78 is 38.4. The van der Waals surface area contributed by atoms with Gasteiger partial charge in [0.05, 0.1) is 25.6 Å². The second-order valence-corrected chi connectivity index (χ2v) is 11.8. The van der Waals surface area contributed by atoms with E-state index < -0.39 is 61.5 Å².